The molecule has 2 aromatic rings. The van der Waals surface area contributed by atoms with Crippen LogP contribution in [0.4, 0.5) is 0 Å². The van der Waals surface area contributed by atoms with Gasteiger partial charge in [0.05, 0.1) is 10.5 Å². The first-order chi connectivity index (χ1) is 13.6. The highest BCUT2D eigenvalue weighted by molar-refractivity contribution is 8.27. The number of amides is 1. The number of ether oxygens (including phenoxy) is 1. The lowest BCUT2D eigenvalue weighted by molar-refractivity contribution is -0.114. The van der Waals surface area contributed by atoms with Crippen LogP contribution >= 0.6 is 34.7 Å². The van der Waals surface area contributed by atoms with E-state index in [0.29, 0.717) is 33.2 Å². The van der Waals surface area contributed by atoms with Gasteiger partial charge in [0.15, 0.2) is 5.84 Å². The molecule has 0 saturated carbocycles. The average Bonchev–Trinajstić information content (AvgIpc) is 3.34. The quantitative estimate of drug-likeness (QED) is 0.556. The average molecular weight is 429 g/mol. The van der Waals surface area contributed by atoms with E-state index in [1.54, 1.807) is 30.4 Å². The monoisotopic (exact) mass is 428 g/mol. The lowest BCUT2D eigenvalue weighted by atomic mass is 10.1. The summed E-state index contributed by atoms with van der Waals surface area (Å²) in [6.07, 6.45) is 3.18. The van der Waals surface area contributed by atoms with Crippen LogP contribution in [0.25, 0.3) is 6.08 Å². The number of hydrogen-bond acceptors (Lipinski definition) is 6. The predicted molar refractivity (Wildman–Crippen MR) is 116 cm³/mol. The molecule has 1 aromatic heterocycles. The number of rotatable bonds is 5. The number of thiophene rings is 1. The Morgan fingerprint density at radius 3 is 2.96 bits per heavy atom. The van der Waals surface area contributed by atoms with Crippen molar-refractivity contribution in [3.05, 3.63) is 69.4 Å². The van der Waals surface area contributed by atoms with Crippen molar-refractivity contribution in [1.29, 1.82) is 5.41 Å². The van der Waals surface area contributed by atoms with E-state index in [-0.39, 0.29) is 11.4 Å². The third-order valence-electron chi connectivity index (χ3n) is 3.81. The molecule has 2 aliphatic rings. The van der Waals surface area contributed by atoms with Gasteiger partial charge in [-0.25, -0.2) is 0 Å². The molecule has 0 unspecified atom stereocenters. The van der Waals surface area contributed by atoms with Gasteiger partial charge in [-0.1, -0.05) is 30.3 Å². The fourth-order valence-corrected chi connectivity index (χ4v) is 4.42. The topological polar surface area (TPSA) is 78.1 Å². The smallest absolute Gasteiger partial charge is 0.283 e. The van der Waals surface area contributed by atoms with Gasteiger partial charge in [-0.2, -0.15) is 15.1 Å². The summed E-state index contributed by atoms with van der Waals surface area (Å²) in [6.45, 7) is 3.94. The van der Waals surface area contributed by atoms with Crippen molar-refractivity contribution in [2.75, 3.05) is 6.61 Å². The largest absolute Gasteiger partial charge is 0.489 e. The minimum absolute atomic E-state index is 0.0382. The number of benzene rings is 1. The zero-order valence-corrected chi connectivity index (χ0v) is 16.8. The number of hydrogen-bond donors (Lipinski definition) is 1. The second-order valence-corrected chi connectivity index (χ2v) is 8.02. The van der Waals surface area contributed by atoms with E-state index in [4.69, 9.17) is 21.7 Å². The Morgan fingerprint density at radius 1 is 1.36 bits per heavy atom. The number of aliphatic imine (C=N–C) groups is 1. The summed E-state index contributed by atoms with van der Waals surface area (Å²) in [7, 11) is 0. The lowest BCUT2D eigenvalue weighted by Crippen LogP contribution is -2.35. The molecule has 0 atom stereocenters. The highest BCUT2D eigenvalue weighted by Gasteiger charge is 2.36. The van der Waals surface area contributed by atoms with E-state index in [0.717, 1.165) is 4.88 Å². The third-order valence-corrected chi connectivity index (χ3v) is 6.00. The number of hydrazone groups is 1. The van der Waals surface area contributed by atoms with Gasteiger partial charge in [0.1, 0.15) is 17.4 Å². The maximum atomic E-state index is 12.6. The molecule has 140 valence electrons. The van der Waals surface area contributed by atoms with Gasteiger partial charge < -0.3 is 4.74 Å². The predicted octanol–water partition coefficient (Wildman–Crippen LogP) is 4.63. The molecule has 0 fully saturated rings. The van der Waals surface area contributed by atoms with E-state index in [1.165, 1.54) is 28.1 Å². The normalized spacial score (nSPS) is 17.5. The van der Waals surface area contributed by atoms with Crippen LogP contribution in [0, 0.1) is 5.41 Å². The van der Waals surface area contributed by atoms with E-state index in [1.807, 2.05) is 17.5 Å². The Balaban J connectivity index is 1.71. The van der Waals surface area contributed by atoms with Gasteiger partial charge in [-0.3, -0.25) is 10.2 Å². The Hall–Kier alpha value is -2.68. The fourth-order valence-electron chi connectivity index (χ4n) is 2.56. The summed E-state index contributed by atoms with van der Waals surface area (Å²) in [5, 5.41) is 17.8. The molecule has 1 amide bonds. The summed E-state index contributed by atoms with van der Waals surface area (Å²) >= 11 is 8.92. The van der Waals surface area contributed by atoms with Gasteiger partial charge >= 0.3 is 0 Å². The zero-order chi connectivity index (χ0) is 19.7. The lowest BCUT2D eigenvalue weighted by Gasteiger charge is -2.20. The van der Waals surface area contributed by atoms with Crippen LogP contribution in [0.5, 0.6) is 5.75 Å². The van der Waals surface area contributed by atoms with Gasteiger partial charge in [0.2, 0.25) is 5.17 Å². The van der Waals surface area contributed by atoms with Crippen molar-refractivity contribution >= 4 is 62.7 Å². The first-order valence-electron chi connectivity index (χ1n) is 8.14. The van der Waals surface area contributed by atoms with Crippen LogP contribution < -0.4 is 4.74 Å². The third kappa shape index (κ3) is 3.54. The van der Waals surface area contributed by atoms with Crippen LogP contribution in [0.3, 0.4) is 0 Å². The van der Waals surface area contributed by atoms with Crippen molar-refractivity contribution in [2.45, 2.75) is 0 Å². The molecule has 1 aromatic carbocycles. The summed E-state index contributed by atoms with van der Waals surface area (Å²) in [5.74, 6) is -0.00419. The summed E-state index contributed by atoms with van der Waals surface area (Å²) in [5.41, 5.74) is 0.696. The molecule has 0 aliphatic carbocycles. The van der Waals surface area contributed by atoms with E-state index in [2.05, 4.69) is 16.7 Å². The Bertz CT molecular complexity index is 1070. The van der Waals surface area contributed by atoms with Crippen molar-refractivity contribution in [2.24, 2.45) is 10.1 Å². The highest BCUT2D eigenvalue weighted by Crippen LogP contribution is 2.33. The number of nitrogens with zero attached hydrogens (tertiary/aromatic N) is 3. The van der Waals surface area contributed by atoms with Crippen LogP contribution in [-0.2, 0) is 4.79 Å². The van der Waals surface area contributed by atoms with Gasteiger partial charge in [-0.15, -0.1) is 11.3 Å². The molecule has 0 spiro atoms. The van der Waals surface area contributed by atoms with Crippen molar-refractivity contribution in [1.82, 2.24) is 5.01 Å². The zero-order valence-electron chi connectivity index (χ0n) is 14.4. The molecular weight excluding hydrogens is 416 g/mol. The first kappa shape index (κ1) is 18.7. The van der Waals surface area contributed by atoms with Gasteiger partial charge in [0.25, 0.3) is 5.91 Å². The van der Waals surface area contributed by atoms with E-state index in [9.17, 15) is 4.79 Å². The Labute approximate surface area is 174 Å². The summed E-state index contributed by atoms with van der Waals surface area (Å²) in [4.78, 5) is 17.6. The molecule has 3 heterocycles. The number of amidine groups is 2. The minimum atomic E-state index is -0.499. The van der Waals surface area contributed by atoms with Crippen molar-refractivity contribution < 1.29 is 9.53 Å². The molecule has 0 bridgehead atoms. The molecule has 28 heavy (non-hydrogen) atoms. The molecule has 9 heteroatoms. The maximum Gasteiger partial charge on any atom is 0.283 e. The van der Waals surface area contributed by atoms with Crippen molar-refractivity contribution in [3.63, 3.8) is 0 Å². The summed E-state index contributed by atoms with van der Waals surface area (Å²) < 4.78 is 5.62. The first-order valence-corrected chi connectivity index (χ1v) is 10.2. The SMILES string of the molecule is C=CCOc1ccc(Cl)cc1C=C1C(=N)N2N=C(c3cccs3)SC2=NC1=O. The Kier molecular flexibility index (Phi) is 5.17. The second kappa shape index (κ2) is 7.75. The standard InChI is InChI=1S/C19H13ClN4O2S2/c1-2-7-26-14-6-5-12(20)9-11(14)10-13-16(21)24-19(22-17(13)25)28-18(23-24)15-4-3-8-27-15/h2-6,8-10,21H,1,7H2. The second-order valence-electron chi connectivity index (χ2n) is 5.68. The molecule has 2 aliphatic heterocycles. The molecule has 0 saturated heterocycles. The fraction of sp³-hybridized carbons (Fsp3) is 0.0526. The van der Waals surface area contributed by atoms with Crippen molar-refractivity contribution in [3.8, 4) is 5.75 Å². The van der Waals surface area contributed by atoms with Crippen LogP contribution in [0.1, 0.15) is 10.4 Å². The van der Waals surface area contributed by atoms with Crippen LogP contribution in [0.2, 0.25) is 5.02 Å². The number of carbonyl (C=O) groups excluding carboxylic acids is 1. The number of carbonyl (C=O) groups is 1. The number of fused-ring (bicyclic) bond motifs is 1. The number of nitrogens with one attached hydrogen (secondary N) is 1. The molecule has 1 N–H and O–H groups in total. The maximum absolute atomic E-state index is 12.6. The van der Waals surface area contributed by atoms with Crippen LogP contribution in [0.15, 0.2) is 64.0 Å². The molecular formula is C19H13ClN4O2S2. The number of halogens is 1. The van der Waals surface area contributed by atoms with Gasteiger partial charge in [0, 0.05) is 10.6 Å². The van der Waals surface area contributed by atoms with Gasteiger partial charge in [-0.05, 0) is 47.5 Å². The highest BCUT2D eigenvalue weighted by atomic mass is 35.5. The minimum Gasteiger partial charge on any atom is -0.489 e. The van der Waals surface area contributed by atoms with E-state index >= 15 is 0 Å². The molecule has 6 nitrogen and oxygen atoms in total. The van der Waals surface area contributed by atoms with E-state index < -0.39 is 5.91 Å². The Morgan fingerprint density at radius 2 is 2.21 bits per heavy atom. The van der Waals surface area contributed by atoms with Crippen LogP contribution in [-0.4, -0.2) is 33.6 Å². The molecule has 0 radical (unpaired) electrons. The number of thioether (sulfide) groups is 1. The molecule has 4 rings (SSSR count). The summed E-state index contributed by atoms with van der Waals surface area (Å²) in [6, 6.07) is 8.94.